The first-order valence-corrected chi connectivity index (χ1v) is 12.2. The highest BCUT2D eigenvalue weighted by Crippen LogP contribution is 2.23. The molecule has 11 nitrogen and oxygen atoms in total. The Morgan fingerprint density at radius 3 is 1.60 bits per heavy atom. The van der Waals surface area contributed by atoms with Crippen molar-refractivity contribution < 1.29 is 42.3 Å². The summed E-state index contributed by atoms with van der Waals surface area (Å²) in [5, 5.41) is 0. The number of rotatable bonds is 8. The summed E-state index contributed by atoms with van der Waals surface area (Å²) in [6, 6.07) is -1.57. The molecule has 0 aliphatic heterocycles. The van der Waals surface area contributed by atoms with Crippen LogP contribution in [-0.2, 0) is 39.5 Å². The monoisotopic (exact) mass is 520 g/mol. The van der Waals surface area contributed by atoms with E-state index >= 15 is 0 Å². The molecule has 12 heteroatoms. The van der Waals surface area contributed by atoms with Crippen LogP contribution in [0.3, 0.4) is 0 Å². The van der Waals surface area contributed by atoms with Crippen molar-refractivity contribution in [1.82, 2.24) is 4.90 Å². The molecule has 0 saturated carbocycles. The fraction of sp³-hybridized carbons (Fsp3) is 0.783. The maximum atomic E-state index is 13.0. The van der Waals surface area contributed by atoms with Crippen molar-refractivity contribution in [2.75, 3.05) is 14.2 Å². The summed E-state index contributed by atoms with van der Waals surface area (Å²) in [5.41, 5.74) is -1.99. The third-order valence-electron chi connectivity index (χ3n) is 4.09. The Hall–Kier alpha value is -2.50. The number of imide groups is 1. The summed E-state index contributed by atoms with van der Waals surface area (Å²) in [5.74, 6) is -2.72. The van der Waals surface area contributed by atoms with Crippen LogP contribution in [0.4, 0.5) is 9.59 Å². The number of hydrogen-bond donors (Lipinski definition) is 0. The van der Waals surface area contributed by atoms with Crippen molar-refractivity contribution in [3.05, 3.63) is 0 Å². The van der Waals surface area contributed by atoms with Crippen molar-refractivity contribution in [2.24, 2.45) is 10.3 Å². The summed E-state index contributed by atoms with van der Waals surface area (Å²) >= 11 is 0. The first-order chi connectivity index (χ1) is 15.7. The SMILES string of the molecule is COC(=O)[C@@H](CC=N[S@@](=O)C(C)(C)C)C[C@@H](C(=O)OC)N(C(=O)OC(C)(C)C)C(=O)OC(C)(C)C. The molecule has 0 saturated heterocycles. The van der Waals surface area contributed by atoms with Gasteiger partial charge in [0.15, 0.2) is 0 Å². The van der Waals surface area contributed by atoms with Crippen LogP contribution < -0.4 is 0 Å². The molecule has 0 unspecified atom stereocenters. The number of carbonyl (C=O) groups excluding carboxylic acids is 4. The van der Waals surface area contributed by atoms with Crippen LogP contribution in [0.25, 0.3) is 0 Å². The van der Waals surface area contributed by atoms with E-state index in [0.717, 1.165) is 14.2 Å². The first kappa shape index (κ1) is 32.5. The lowest BCUT2D eigenvalue weighted by molar-refractivity contribution is -0.150. The molecule has 0 fully saturated rings. The van der Waals surface area contributed by atoms with Crippen LogP contribution in [0, 0.1) is 5.92 Å². The van der Waals surface area contributed by atoms with Crippen LogP contribution >= 0.6 is 0 Å². The molecule has 0 N–H and O–H groups in total. The molecule has 0 aliphatic rings. The Labute approximate surface area is 210 Å². The van der Waals surface area contributed by atoms with E-state index in [0.29, 0.717) is 4.90 Å². The molecule has 0 radical (unpaired) electrons. The van der Waals surface area contributed by atoms with Crippen LogP contribution in [0.15, 0.2) is 4.40 Å². The van der Waals surface area contributed by atoms with Crippen molar-refractivity contribution in [3.8, 4) is 0 Å². The van der Waals surface area contributed by atoms with Crippen molar-refractivity contribution in [1.29, 1.82) is 0 Å². The lowest BCUT2D eigenvalue weighted by atomic mass is 9.96. The topological polar surface area (TPSA) is 138 Å². The van der Waals surface area contributed by atoms with Gasteiger partial charge in [-0.3, -0.25) is 4.79 Å². The van der Waals surface area contributed by atoms with E-state index in [1.54, 1.807) is 62.3 Å². The van der Waals surface area contributed by atoms with E-state index in [9.17, 15) is 23.4 Å². The highest BCUT2D eigenvalue weighted by atomic mass is 32.2. The standard InChI is InChI=1S/C23H40N2O9S/c1-21(2,3)33-19(28)25(20(29)34-22(4,5)6)16(18(27)32-11)14-15(17(26)31-10)12-13-24-35(30)23(7,8)9/h13,15-16H,12,14H2,1-11H3/t15-,16-,35-/m0/s1. The van der Waals surface area contributed by atoms with Gasteiger partial charge in [0.1, 0.15) is 28.2 Å². The lowest BCUT2D eigenvalue weighted by Gasteiger charge is -2.33. The number of hydrogen-bond acceptors (Lipinski definition) is 9. The number of amides is 2. The van der Waals surface area contributed by atoms with Gasteiger partial charge in [0.05, 0.1) is 24.9 Å². The summed E-state index contributed by atoms with van der Waals surface area (Å²) in [4.78, 5) is 51.7. The van der Waals surface area contributed by atoms with Crippen LogP contribution in [0.2, 0.25) is 0 Å². The minimum Gasteiger partial charge on any atom is -0.469 e. The molecular formula is C23H40N2O9S. The molecule has 0 aromatic heterocycles. The average Bonchev–Trinajstić information content (AvgIpc) is 2.67. The maximum Gasteiger partial charge on any atom is 0.420 e. The third-order valence-corrected chi connectivity index (χ3v) is 5.48. The Kier molecular flexibility index (Phi) is 12.1. The number of esters is 2. The van der Waals surface area contributed by atoms with Gasteiger partial charge in [0.25, 0.3) is 0 Å². The minimum absolute atomic E-state index is 0.0710. The van der Waals surface area contributed by atoms with Gasteiger partial charge in [-0.25, -0.2) is 18.6 Å². The van der Waals surface area contributed by atoms with E-state index in [-0.39, 0.29) is 12.8 Å². The largest absolute Gasteiger partial charge is 0.469 e. The van der Waals surface area contributed by atoms with Gasteiger partial charge < -0.3 is 18.9 Å². The fourth-order valence-electron chi connectivity index (χ4n) is 2.52. The predicted molar refractivity (Wildman–Crippen MR) is 131 cm³/mol. The van der Waals surface area contributed by atoms with E-state index in [2.05, 4.69) is 4.40 Å². The molecule has 2 amide bonds. The number of carbonyl (C=O) groups is 4. The van der Waals surface area contributed by atoms with Gasteiger partial charge in [0, 0.05) is 6.21 Å². The second-order valence-corrected chi connectivity index (χ2v) is 12.6. The third kappa shape index (κ3) is 12.1. The predicted octanol–water partition coefficient (Wildman–Crippen LogP) is 3.80. The van der Waals surface area contributed by atoms with Crippen molar-refractivity contribution in [2.45, 2.75) is 97.1 Å². The molecule has 0 heterocycles. The second-order valence-electron chi connectivity index (χ2n) is 10.7. The fourth-order valence-corrected chi connectivity index (χ4v) is 3.05. The zero-order chi connectivity index (χ0) is 27.8. The Balaban J connectivity index is 6.29. The van der Waals surface area contributed by atoms with E-state index in [1.165, 1.54) is 6.21 Å². The number of methoxy groups -OCH3 is 2. The molecule has 202 valence electrons. The Bertz CT molecular complexity index is 792. The van der Waals surface area contributed by atoms with Crippen LogP contribution in [-0.4, -0.2) is 75.7 Å². The molecule has 0 rings (SSSR count). The van der Waals surface area contributed by atoms with E-state index < -0.39 is 63.0 Å². The first-order valence-electron chi connectivity index (χ1n) is 11.1. The van der Waals surface area contributed by atoms with E-state index in [1.807, 2.05) is 0 Å². The highest BCUT2D eigenvalue weighted by Gasteiger charge is 2.43. The van der Waals surface area contributed by atoms with E-state index in [4.69, 9.17) is 18.9 Å². The Morgan fingerprint density at radius 1 is 0.829 bits per heavy atom. The second kappa shape index (κ2) is 13.0. The van der Waals surface area contributed by atoms with Gasteiger partial charge in [-0.1, -0.05) is 0 Å². The molecule has 0 aliphatic carbocycles. The number of nitrogens with zero attached hydrogens (tertiary/aromatic N) is 2. The quantitative estimate of drug-likeness (QED) is 0.266. The molecule has 0 spiro atoms. The average molecular weight is 521 g/mol. The van der Waals surface area contributed by atoms with Crippen molar-refractivity contribution in [3.63, 3.8) is 0 Å². The lowest BCUT2D eigenvalue weighted by Crippen LogP contribution is -2.53. The molecule has 35 heavy (non-hydrogen) atoms. The molecular weight excluding hydrogens is 480 g/mol. The zero-order valence-electron chi connectivity index (χ0n) is 22.6. The molecule has 3 atom stereocenters. The Morgan fingerprint density at radius 2 is 1.26 bits per heavy atom. The van der Waals surface area contributed by atoms with Gasteiger partial charge in [-0.2, -0.15) is 9.30 Å². The molecule has 0 aromatic rings. The maximum absolute atomic E-state index is 13.0. The summed E-state index contributed by atoms with van der Waals surface area (Å²) in [6.07, 6.45) is -1.44. The van der Waals surface area contributed by atoms with Gasteiger partial charge in [-0.15, -0.1) is 0 Å². The summed E-state index contributed by atoms with van der Waals surface area (Å²) in [7, 11) is 0.670. The number of ether oxygens (including phenoxy) is 4. The minimum atomic E-state index is -1.57. The van der Waals surface area contributed by atoms with Crippen LogP contribution in [0.5, 0.6) is 0 Å². The molecule has 0 bridgehead atoms. The van der Waals surface area contributed by atoms with Crippen molar-refractivity contribution >= 4 is 41.3 Å². The zero-order valence-corrected chi connectivity index (χ0v) is 23.4. The summed E-state index contributed by atoms with van der Waals surface area (Å²) < 4.78 is 35.9. The van der Waals surface area contributed by atoms with Gasteiger partial charge in [-0.05, 0) is 75.2 Å². The summed E-state index contributed by atoms with van der Waals surface area (Å²) in [6.45, 7) is 14.8. The van der Waals surface area contributed by atoms with Crippen LogP contribution in [0.1, 0.15) is 75.2 Å². The smallest absolute Gasteiger partial charge is 0.420 e. The normalized spacial score (nSPS) is 15.1. The van der Waals surface area contributed by atoms with Gasteiger partial charge >= 0.3 is 24.1 Å². The van der Waals surface area contributed by atoms with Gasteiger partial charge in [0.2, 0.25) is 0 Å². The molecule has 0 aromatic carbocycles. The highest BCUT2D eigenvalue weighted by molar-refractivity contribution is 7.85.